The van der Waals surface area contributed by atoms with E-state index in [0.29, 0.717) is 6.10 Å². The summed E-state index contributed by atoms with van der Waals surface area (Å²) in [6, 6.07) is 0. The molecule has 54 valence electrons. The summed E-state index contributed by atoms with van der Waals surface area (Å²) in [4.78, 5) is 0. The molecule has 9 heavy (non-hydrogen) atoms. The van der Waals surface area contributed by atoms with Crippen molar-refractivity contribution in [1.29, 1.82) is 0 Å². The fraction of sp³-hybridized carbons (Fsp3) is 1.00. The molecule has 0 amide bonds. The van der Waals surface area contributed by atoms with Gasteiger partial charge < -0.3 is 4.74 Å². The lowest BCUT2D eigenvalue weighted by Crippen LogP contribution is -2.01. The second kappa shape index (κ2) is 2.30. The minimum absolute atomic E-state index is 0.217. The molecule has 0 N–H and O–H groups in total. The van der Waals surface area contributed by atoms with E-state index in [9.17, 15) is 0 Å². The minimum Gasteiger partial charge on any atom is -0.367 e. The summed E-state index contributed by atoms with van der Waals surface area (Å²) >= 11 is 0. The van der Waals surface area contributed by atoms with Gasteiger partial charge in [-0.1, -0.05) is 19.8 Å². The molecule has 1 heteroatoms. The minimum atomic E-state index is 0.217. The largest absolute Gasteiger partial charge is 0.367 e. The van der Waals surface area contributed by atoms with E-state index in [1.54, 1.807) is 0 Å². The van der Waals surface area contributed by atoms with Gasteiger partial charge in [0.25, 0.3) is 0 Å². The molecule has 0 bridgehead atoms. The Bertz CT molecular complexity index is 96.7. The van der Waals surface area contributed by atoms with Crippen LogP contribution in [-0.4, -0.2) is 11.7 Å². The fourth-order valence-corrected chi connectivity index (χ4v) is 1.13. The smallest absolute Gasteiger partial charge is 0.0892 e. The third-order valence-corrected chi connectivity index (χ3v) is 1.98. The average molecular weight is 128 g/mol. The summed E-state index contributed by atoms with van der Waals surface area (Å²) in [5.41, 5.74) is 0.217. The van der Waals surface area contributed by atoms with E-state index in [2.05, 4.69) is 20.8 Å². The lowest BCUT2D eigenvalue weighted by Gasteiger charge is -1.93. The molecule has 1 rings (SSSR count). The highest BCUT2D eigenvalue weighted by atomic mass is 16.6. The number of hydrogen-bond donors (Lipinski definition) is 0. The Morgan fingerprint density at radius 2 is 2.00 bits per heavy atom. The van der Waals surface area contributed by atoms with Crippen LogP contribution in [0, 0.1) is 0 Å². The van der Waals surface area contributed by atoms with E-state index in [4.69, 9.17) is 4.74 Å². The van der Waals surface area contributed by atoms with Crippen LogP contribution in [0.15, 0.2) is 0 Å². The van der Waals surface area contributed by atoms with Gasteiger partial charge in [-0.3, -0.25) is 0 Å². The van der Waals surface area contributed by atoms with E-state index < -0.39 is 0 Å². The van der Waals surface area contributed by atoms with Crippen molar-refractivity contribution < 1.29 is 4.74 Å². The molecule has 0 aromatic carbocycles. The Hall–Kier alpha value is -0.0400. The van der Waals surface area contributed by atoms with Crippen molar-refractivity contribution in [3.63, 3.8) is 0 Å². The summed E-state index contributed by atoms with van der Waals surface area (Å²) in [6.45, 7) is 6.54. The zero-order valence-electron chi connectivity index (χ0n) is 6.61. The highest BCUT2D eigenvalue weighted by Crippen LogP contribution is 2.38. The van der Waals surface area contributed by atoms with Crippen LogP contribution in [0.5, 0.6) is 0 Å². The van der Waals surface area contributed by atoms with Gasteiger partial charge in [0.1, 0.15) is 0 Å². The van der Waals surface area contributed by atoms with Crippen LogP contribution in [0.3, 0.4) is 0 Å². The van der Waals surface area contributed by atoms with Crippen molar-refractivity contribution in [2.75, 3.05) is 0 Å². The molecule has 0 unspecified atom stereocenters. The zero-order valence-corrected chi connectivity index (χ0v) is 6.61. The van der Waals surface area contributed by atoms with Crippen molar-refractivity contribution in [1.82, 2.24) is 0 Å². The van der Waals surface area contributed by atoms with Gasteiger partial charge in [0.2, 0.25) is 0 Å². The van der Waals surface area contributed by atoms with Gasteiger partial charge in [-0.05, 0) is 20.3 Å². The van der Waals surface area contributed by atoms with Crippen molar-refractivity contribution >= 4 is 0 Å². The highest BCUT2D eigenvalue weighted by Gasteiger charge is 2.46. The molecule has 0 aliphatic carbocycles. The quantitative estimate of drug-likeness (QED) is 0.531. The fourth-order valence-electron chi connectivity index (χ4n) is 1.13. The monoisotopic (exact) mass is 128 g/mol. The van der Waals surface area contributed by atoms with Gasteiger partial charge in [-0.25, -0.2) is 0 Å². The van der Waals surface area contributed by atoms with Crippen LogP contribution in [0.2, 0.25) is 0 Å². The van der Waals surface area contributed by atoms with Crippen LogP contribution in [-0.2, 0) is 4.74 Å². The molecule has 1 fully saturated rings. The van der Waals surface area contributed by atoms with Crippen molar-refractivity contribution in [3.8, 4) is 0 Å². The molecule has 1 aliphatic rings. The van der Waals surface area contributed by atoms with Crippen LogP contribution in [0.1, 0.15) is 40.0 Å². The van der Waals surface area contributed by atoms with Gasteiger partial charge in [0.05, 0.1) is 11.7 Å². The Morgan fingerprint density at radius 3 is 2.33 bits per heavy atom. The number of ether oxygens (including phenoxy) is 1. The predicted molar refractivity (Wildman–Crippen MR) is 38.5 cm³/mol. The molecule has 0 radical (unpaired) electrons. The molecular formula is C8H16O. The molecule has 0 aromatic heterocycles. The second-order valence-electron chi connectivity index (χ2n) is 3.35. The van der Waals surface area contributed by atoms with Crippen molar-refractivity contribution in [2.24, 2.45) is 0 Å². The molecule has 0 spiro atoms. The van der Waals surface area contributed by atoms with Crippen LogP contribution in [0.25, 0.3) is 0 Å². The normalized spacial score (nSPS) is 30.3. The SMILES string of the molecule is CCCC[C@H]1OC1(C)C. The van der Waals surface area contributed by atoms with Gasteiger partial charge in [0, 0.05) is 0 Å². The van der Waals surface area contributed by atoms with Gasteiger partial charge in [-0.2, -0.15) is 0 Å². The first-order valence-electron chi connectivity index (χ1n) is 3.84. The molecule has 1 heterocycles. The summed E-state index contributed by atoms with van der Waals surface area (Å²) in [5, 5.41) is 0. The summed E-state index contributed by atoms with van der Waals surface area (Å²) < 4.78 is 5.41. The van der Waals surface area contributed by atoms with Crippen molar-refractivity contribution in [3.05, 3.63) is 0 Å². The molecule has 1 saturated heterocycles. The predicted octanol–water partition coefficient (Wildman–Crippen LogP) is 2.35. The standard InChI is InChI=1S/C8H16O/c1-4-5-6-7-8(2,3)9-7/h7H,4-6H2,1-3H3/t7-/m1/s1. The van der Waals surface area contributed by atoms with E-state index in [1.165, 1.54) is 19.3 Å². The number of unbranched alkanes of at least 4 members (excludes halogenated alkanes) is 1. The second-order valence-corrected chi connectivity index (χ2v) is 3.35. The Morgan fingerprint density at radius 1 is 1.44 bits per heavy atom. The number of epoxide rings is 1. The lowest BCUT2D eigenvalue weighted by atomic mass is 10.1. The maximum Gasteiger partial charge on any atom is 0.0892 e. The van der Waals surface area contributed by atoms with E-state index in [0.717, 1.165) is 0 Å². The third kappa shape index (κ3) is 1.68. The third-order valence-electron chi connectivity index (χ3n) is 1.98. The summed E-state index contributed by atoms with van der Waals surface area (Å²) in [7, 11) is 0. The molecule has 0 aromatic rings. The average Bonchev–Trinajstić information content (AvgIpc) is 2.35. The van der Waals surface area contributed by atoms with E-state index >= 15 is 0 Å². The lowest BCUT2D eigenvalue weighted by molar-refractivity contribution is 0.318. The van der Waals surface area contributed by atoms with E-state index in [1.807, 2.05) is 0 Å². The molecule has 0 saturated carbocycles. The molecule has 1 aliphatic heterocycles. The number of rotatable bonds is 3. The van der Waals surface area contributed by atoms with Gasteiger partial charge in [0.15, 0.2) is 0 Å². The molecule has 1 atom stereocenters. The highest BCUT2D eigenvalue weighted by molar-refractivity contribution is 4.94. The van der Waals surface area contributed by atoms with Crippen LogP contribution >= 0.6 is 0 Å². The topological polar surface area (TPSA) is 12.5 Å². The first-order valence-corrected chi connectivity index (χ1v) is 3.84. The first-order chi connectivity index (χ1) is 4.17. The maximum atomic E-state index is 5.41. The van der Waals surface area contributed by atoms with Gasteiger partial charge in [-0.15, -0.1) is 0 Å². The van der Waals surface area contributed by atoms with Crippen LogP contribution in [0.4, 0.5) is 0 Å². The maximum absolute atomic E-state index is 5.41. The summed E-state index contributed by atoms with van der Waals surface area (Å²) in [5.74, 6) is 0. The van der Waals surface area contributed by atoms with Crippen LogP contribution < -0.4 is 0 Å². The zero-order chi connectivity index (χ0) is 6.91. The Labute approximate surface area is 57.4 Å². The molecular weight excluding hydrogens is 112 g/mol. The number of hydrogen-bond acceptors (Lipinski definition) is 1. The molecule has 1 nitrogen and oxygen atoms in total. The Balaban J connectivity index is 2.06. The Kier molecular flexibility index (Phi) is 1.80. The first kappa shape index (κ1) is 7.07. The van der Waals surface area contributed by atoms with Gasteiger partial charge >= 0.3 is 0 Å². The van der Waals surface area contributed by atoms with Crippen molar-refractivity contribution in [2.45, 2.75) is 51.7 Å². The van der Waals surface area contributed by atoms with E-state index in [-0.39, 0.29) is 5.60 Å². The summed E-state index contributed by atoms with van der Waals surface area (Å²) in [6.07, 6.45) is 4.42.